The van der Waals surface area contributed by atoms with Crippen molar-refractivity contribution in [2.24, 2.45) is 5.41 Å². The molecule has 3 N–H and O–H groups in total. The third-order valence-electron chi connectivity index (χ3n) is 4.11. The molecule has 7 heteroatoms. The van der Waals surface area contributed by atoms with Gasteiger partial charge in [0.25, 0.3) is 0 Å². The molecule has 1 saturated carbocycles. The van der Waals surface area contributed by atoms with Crippen LogP contribution in [-0.4, -0.2) is 14.5 Å². The van der Waals surface area contributed by atoms with Crippen molar-refractivity contribution in [2.45, 2.75) is 50.5 Å². The number of anilines is 1. The Morgan fingerprint density at radius 3 is 2.52 bits per heavy atom. The van der Waals surface area contributed by atoms with E-state index < -0.39 is 10.0 Å². The molecule has 0 amide bonds. The predicted molar refractivity (Wildman–Crippen MR) is 87.2 cm³/mol. The van der Waals surface area contributed by atoms with Crippen LogP contribution in [0.5, 0.6) is 0 Å². The molecule has 1 aliphatic carbocycles. The minimum absolute atomic E-state index is 0.0427. The Labute approximate surface area is 136 Å². The maximum atomic E-state index is 12.6. The zero-order valence-electron chi connectivity index (χ0n) is 12.1. The standard InChI is InChI=1S/C14H20Cl2N2O2S/c1-14(2)6-4-3-5-12(14)18-21(19,20)13-10(16)7-9(15)8-11(13)17/h7-8,12,18H,3-6,17H2,1-2H3. The normalized spacial score (nSPS) is 22.2. The SMILES string of the molecule is CC1(C)CCCCC1NS(=O)(=O)c1c(N)cc(Cl)cc1Cl. The van der Waals surface area contributed by atoms with Gasteiger partial charge in [-0.3, -0.25) is 0 Å². The van der Waals surface area contributed by atoms with Crippen molar-refractivity contribution in [3.63, 3.8) is 0 Å². The number of nitrogens with two attached hydrogens (primary N) is 1. The van der Waals surface area contributed by atoms with Gasteiger partial charge in [0.15, 0.2) is 0 Å². The zero-order valence-corrected chi connectivity index (χ0v) is 14.4. The number of sulfonamides is 1. The third kappa shape index (κ3) is 3.65. The van der Waals surface area contributed by atoms with E-state index in [1.54, 1.807) is 0 Å². The fourth-order valence-electron chi connectivity index (χ4n) is 2.82. The van der Waals surface area contributed by atoms with E-state index in [2.05, 4.69) is 18.6 Å². The molecule has 4 nitrogen and oxygen atoms in total. The average Bonchev–Trinajstić information content (AvgIpc) is 2.29. The van der Waals surface area contributed by atoms with E-state index in [0.717, 1.165) is 25.7 Å². The van der Waals surface area contributed by atoms with Crippen molar-refractivity contribution in [1.82, 2.24) is 4.72 Å². The smallest absolute Gasteiger partial charge is 0.244 e. The van der Waals surface area contributed by atoms with Gasteiger partial charge < -0.3 is 5.73 Å². The molecule has 0 spiro atoms. The second-order valence-electron chi connectivity index (χ2n) is 6.21. The Morgan fingerprint density at radius 2 is 1.95 bits per heavy atom. The van der Waals surface area contributed by atoms with Crippen LogP contribution >= 0.6 is 23.2 Å². The van der Waals surface area contributed by atoms with Crippen molar-refractivity contribution in [3.8, 4) is 0 Å². The molecule has 1 fully saturated rings. The highest BCUT2D eigenvalue weighted by Crippen LogP contribution is 2.37. The van der Waals surface area contributed by atoms with Crippen LogP contribution in [0.15, 0.2) is 17.0 Å². The monoisotopic (exact) mass is 350 g/mol. The summed E-state index contributed by atoms with van der Waals surface area (Å²) < 4.78 is 28.0. The van der Waals surface area contributed by atoms with Crippen molar-refractivity contribution < 1.29 is 8.42 Å². The largest absolute Gasteiger partial charge is 0.398 e. The van der Waals surface area contributed by atoms with Crippen LogP contribution in [0.1, 0.15) is 39.5 Å². The van der Waals surface area contributed by atoms with Crippen LogP contribution in [0.25, 0.3) is 0 Å². The van der Waals surface area contributed by atoms with Gasteiger partial charge in [0.2, 0.25) is 10.0 Å². The molecule has 118 valence electrons. The maximum absolute atomic E-state index is 12.6. The van der Waals surface area contributed by atoms with Crippen LogP contribution in [-0.2, 0) is 10.0 Å². The topological polar surface area (TPSA) is 72.2 Å². The van der Waals surface area contributed by atoms with Gasteiger partial charge in [0.1, 0.15) is 4.90 Å². The van der Waals surface area contributed by atoms with Crippen LogP contribution in [0.3, 0.4) is 0 Å². The molecule has 0 radical (unpaired) electrons. The first-order valence-electron chi connectivity index (χ1n) is 6.90. The number of hydrogen-bond acceptors (Lipinski definition) is 3. The molecule has 1 aliphatic rings. The Balaban J connectivity index is 2.35. The summed E-state index contributed by atoms with van der Waals surface area (Å²) in [7, 11) is -3.77. The van der Waals surface area contributed by atoms with Gasteiger partial charge in [-0.15, -0.1) is 0 Å². The molecule has 21 heavy (non-hydrogen) atoms. The van der Waals surface area contributed by atoms with Crippen molar-refractivity contribution in [1.29, 1.82) is 0 Å². The van der Waals surface area contributed by atoms with Crippen LogP contribution < -0.4 is 10.5 Å². The zero-order chi connectivity index (χ0) is 15.8. The number of hydrogen-bond donors (Lipinski definition) is 2. The summed E-state index contributed by atoms with van der Waals surface area (Å²) in [6.45, 7) is 4.15. The van der Waals surface area contributed by atoms with Gasteiger partial charge in [-0.2, -0.15) is 0 Å². The first-order chi connectivity index (χ1) is 9.63. The molecule has 2 rings (SSSR count). The molecule has 0 heterocycles. The number of nitrogen functional groups attached to an aromatic ring is 1. The van der Waals surface area contributed by atoms with E-state index in [-0.39, 0.29) is 27.1 Å². The molecular formula is C14H20Cl2N2O2S. The minimum atomic E-state index is -3.77. The van der Waals surface area contributed by atoms with E-state index in [1.807, 2.05) is 0 Å². The van der Waals surface area contributed by atoms with Crippen LogP contribution in [0.2, 0.25) is 10.0 Å². The van der Waals surface area contributed by atoms with Gasteiger partial charge >= 0.3 is 0 Å². The number of benzene rings is 1. The quantitative estimate of drug-likeness (QED) is 0.813. The average molecular weight is 351 g/mol. The summed E-state index contributed by atoms with van der Waals surface area (Å²) in [5.41, 5.74) is 5.77. The summed E-state index contributed by atoms with van der Waals surface area (Å²) >= 11 is 11.9. The summed E-state index contributed by atoms with van der Waals surface area (Å²) in [5, 5.41) is 0.357. The lowest BCUT2D eigenvalue weighted by Gasteiger charge is -2.38. The lowest BCUT2D eigenvalue weighted by Crippen LogP contribution is -2.46. The fraction of sp³-hybridized carbons (Fsp3) is 0.571. The predicted octanol–water partition coefficient (Wildman–Crippen LogP) is 3.82. The Bertz CT molecular complexity index is 621. The van der Waals surface area contributed by atoms with E-state index in [4.69, 9.17) is 28.9 Å². The number of halogens is 2. The third-order valence-corrected chi connectivity index (χ3v) is 6.33. The van der Waals surface area contributed by atoms with Gasteiger partial charge in [-0.1, -0.05) is 49.9 Å². The molecule has 0 aliphatic heterocycles. The summed E-state index contributed by atoms with van der Waals surface area (Å²) in [5.74, 6) is 0. The highest BCUT2D eigenvalue weighted by atomic mass is 35.5. The first-order valence-corrected chi connectivity index (χ1v) is 9.14. The molecule has 1 aromatic carbocycles. The fourth-order valence-corrected chi connectivity index (χ4v) is 5.25. The lowest BCUT2D eigenvalue weighted by atomic mass is 9.74. The molecule has 0 bridgehead atoms. The Morgan fingerprint density at radius 1 is 1.29 bits per heavy atom. The lowest BCUT2D eigenvalue weighted by molar-refractivity contribution is 0.188. The van der Waals surface area contributed by atoms with Gasteiger partial charge in [-0.25, -0.2) is 13.1 Å². The first kappa shape index (κ1) is 16.9. The summed E-state index contributed by atoms with van der Waals surface area (Å²) in [6.07, 6.45) is 3.94. The van der Waals surface area contributed by atoms with Crippen molar-refractivity contribution in [2.75, 3.05) is 5.73 Å². The maximum Gasteiger partial charge on any atom is 0.244 e. The summed E-state index contributed by atoms with van der Waals surface area (Å²) in [4.78, 5) is -0.0880. The van der Waals surface area contributed by atoms with Gasteiger partial charge in [0.05, 0.1) is 10.7 Å². The van der Waals surface area contributed by atoms with Crippen molar-refractivity contribution >= 4 is 38.9 Å². The molecule has 1 unspecified atom stereocenters. The van der Waals surface area contributed by atoms with E-state index in [1.165, 1.54) is 12.1 Å². The van der Waals surface area contributed by atoms with Gasteiger partial charge in [-0.05, 0) is 30.4 Å². The molecule has 1 atom stereocenters. The molecule has 0 saturated heterocycles. The van der Waals surface area contributed by atoms with Crippen LogP contribution in [0.4, 0.5) is 5.69 Å². The molecule has 1 aromatic rings. The second-order valence-corrected chi connectivity index (χ2v) is 8.71. The van der Waals surface area contributed by atoms with Gasteiger partial charge in [0, 0.05) is 11.1 Å². The highest BCUT2D eigenvalue weighted by molar-refractivity contribution is 7.89. The number of nitrogens with one attached hydrogen (secondary N) is 1. The summed E-state index contributed by atoms with van der Waals surface area (Å²) in [6, 6.07) is 2.66. The van der Waals surface area contributed by atoms with E-state index >= 15 is 0 Å². The molecule has 0 aromatic heterocycles. The number of rotatable bonds is 3. The second kappa shape index (κ2) is 5.95. The Kier molecular flexibility index (Phi) is 4.78. The van der Waals surface area contributed by atoms with Crippen LogP contribution in [0, 0.1) is 5.41 Å². The highest BCUT2D eigenvalue weighted by Gasteiger charge is 2.36. The van der Waals surface area contributed by atoms with E-state index in [9.17, 15) is 8.42 Å². The van der Waals surface area contributed by atoms with E-state index in [0.29, 0.717) is 5.02 Å². The minimum Gasteiger partial charge on any atom is -0.398 e. The Hall–Kier alpha value is -0.490. The molecular weight excluding hydrogens is 331 g/mol. The van der Waals surface area contributed by atoms with Crippen molar-refractivity contribution in [3.05, 3.63) is 22.2 Å².